The van der Waals surface area contributed by atoms with E-state index >= 15 is 0 Å². The molecule has 0 unspecified atom stereocenters. The van der Waals surface area contributed by atoms with Crippen LogP contribution in [0.3, 0.4) is 0 Å². The van der Waals surface area contributed by atoms with Crippen LogP contribution in [0.1, 0.15) is 0 Å². The van der Waals surface area contributed by atoms with Crippen LogP contribution in [0.4, 0.5) is 0 Å². The van der Waals surface area contributed by atoms with Crippen molar-refractivity contribution in [1.29, 1.82) is 0 Å². The topological polar surface area (TPSA) is 53.7 Å². The van der Waals surface area contributed by atoms with Crippen LogP contribution >= 0.6 is 0 Å². The molecule has 0 fully saturated rings. The van der Waals surface area contributed by atoms with Gasteiger partial charge < -0.3 is 0 Å². The van der Waals surface area contributed by atoms with Gasteiger partial charge in [-0.3, -0.25) is 0 Å². The fourth-order valence-electron chi connectivity index (χ4n) is 0.181. The fourth-order valence-corrected chi connectivity index (χ4v) is 0.181. The van der Waals surface area contributed by atoms with Gasteiger partial charge in [-0.1, -0.05) is 5.53 Å². The second-order valence-corrected chi connectivity index (χ2v) is 0.738. The van der Waals surface area contributed by atoms with Crippen LogP contribution in [-0.2, 0) is 0 Å². The first-order valence-corrected chi connectivity index (χ1v) is 1.48. The predicted octanol–water partition coefficient (Wildman–Crippen LogP) is -1.40. The summed E-state index contributed by atoms with van der Waals surface area (Å²) in [5, 5.41) is 6.97. The van der Waals surface area contributed by atoms with Gasteiger partial charge in [0.05, 0.1) is 0 Å². The monoisotopic (exact) mass is 83.0 g/mol. The highest BCUT2D eigenvalue weighted by molar-refractivity contribution is 5.65. The molecule has 0 aromatic heterocycles. The molecule has 1 aliphatic rings. The molecule has 4 heteroatoms. The predicted molar refractivity (Wildman–Crippen MR) is 20.3 cm³/mol. The lowest BCUT2D eigenvalue weighted by molar-refractivity contribution is -0.667. The molecule has 0 spiro atoms. The van der Waals surface area contributed by atoms with Gasteiger partial charge in [0.1, 0.15) is 0 Å². The standard InChI is InChI=1S/C2H2N4/c1-3-2-5-6-4-1/h1,6H/p+1. The zero-order chi connectivity index (χ0) is 4.24. The van der Waals surface area contributed by atoms with Crippen LogP contribution in [0, 0.1) is 0 Å². The van der Waals surface area contributed by atoms with Crippen LogP contribution in [0.5, 0.6) is 0 Å². The van der Waals surface area contributed by atoms with Crippen LogP contribution in [-0.4, -0.2) is 12.3 Å². The van der Waals surface area contributed by atoms with Crippen LogP contribution < -0.4 is 5.53 Å². The summed E-state index contributed by atoms with van der Waals surface area (Å²) in [6, 6.07) is 2.33. The Hall–Kier alpha value is -0.990. The van der Waals surface area contributed by atoms with E-state index in [4.69, 9.17) is 0 Å². The summed E-state index contributed by atoms with van der Waals surface area (Å²) < 4.78 is 0. The van der Waals surface area contributed by atoms with Gasteiger partial charge in [-0.05, 0) is 5.10 Å². The van der Waals surface area contributed by atoms with Crippen LogP contribution in [0.2, 0.25) is 0 Å². The molecular weight excluding hydrogens is 80.0 g/mol. The largest absolute Gasteiger partial charge is 0.185 e. The maximum atomic E-state index is 3.53. The quantitative estimate of drug-likeness (QED) is 0.350. The van der Waals surface area contributed by atoms with Gasteiger partial charge in [0.25, 0.3) is 0 Å². The Morgan fingerprint density at radius 1 is 1.67 bits per heavy atom. The Morgan fingerprint density at radius 2 is 2.67 bits per heavy atom. The number of nitrogens with zero attached hydrogens (tertiary/aromatic N) is 3. The number of aliphatic imine (C=N–C) groups is 1. The van der Waals surface area contributed by atoms with Crippen molar-refractivity contribution in [3.05, 3.63) is 0 Å². The van der Waals surface area contributed by atoms with E-state index in [0.29, 0.717) is 0 Å². The first kappa shape index (κ1) is 3.21. The minimum absolute atomic E-state index is 1.38. The van der Waals surface area contributed by atoms with Gasteiger partial charge in [0.15, 0.2) is 12.3 Å². The molecule has 1 rings (SSSR count). The Kier molecular flexibility index (Phi) is 0.774. The van der Waals surface area contributed by atoms with Gasteiger partial charge in [0.2, 0.25) is 0 Å². The highest BCUT2D eigenvalue weighted by atomic mass is 15.5. The molecule has 1 aliphatic heterocycles. The molecule has 4 nitrogen and oxygen atoms in total. The smallest absolute Gasteiger partial charge is 0.165 e. The number of rotatable bonds is 0. The third-order valence-corrected chi connectivity index (χ3v) is 0.364. The van der Waals surface area contributed by atoms with Crippen LogP contribution in [0.25, 0.3) is 0 Å². The molecule has 30 valence electrons. The van der Waals surface area contributed by atoms with Crippen molar-refractivity contribution in [1.82, 2.24) is 0 Å². The third-order valence-electron chi connectivity index (χ3n) is 0.364. The molecule has 0 aliphatic carbocycles. The highest BCUT2D eigenvalue weighted by Gasteiger charge is 1.73. The van der Waals surface area contributed by atoms with Crippen molar-refractivity contribution in [3.8, 4) is 0 Å². The van der Waals surface area contributed by atoms with Crippen molar-refractivity contribution < 1.29 is 5.53 Å². The van der Waals surface area contributed by atoms with E-state index in [2.05, 4.69) is 21.2 Å². The van der Waals surface area contributed by atoms with E-state index in [1.165, 1.54) is 11.9 Å². The van der Waals surface area contributed by atoms with Gasteiger partial charge in [0, 0.05) is 5.10 Å². The number of quaternary nitrogens is 1. The van der Waals surface area contributed by atoms with E-state index < -0.39 is 0 Å². The Balaban J connectivity index is 2.78. The second kappa shape index (κ2) is 1.45. The number of hydrogen-bond acceptors (Lipinski definition) is 3. The second-order valence-electron chi connectivity index (χ2n) is 0.738. The molecule has 0 aromatic rings. The van der Waals surface area contributed by atoms with Crippen molar-refractivity contribution in [2.45, 2.75) is 0 Å². The lowest BCUT2D eigenvalue weighted by Crippen LogP contribution is -2.71. The molecule has 1 heterocycles. The van der Waals surface area contributed by atoms with Crippen molar-refractivity contribution in [3.63, 3.8) is 0 Å². The Bertz CT molecular complexity index is 118. The minimum atomic E-state index is 1.38. The van der Waals surface area contributed by atoms with E-state index in [0.717, 1.165) is 0 Å². The summed E-state index contributed by atoms with van der Waals surface area (Å²) in [5.41, 5.74) is 1.38. The molecular formula is C2H3N4+. The van der Waals surface area contributed by atoms with Crippen molar-refractivity contribution in [2.75, 3.05) is 0 Å². The first-order valence-electron chi connectivity index (χ1n) is 1.48. The molecule has 0 aromatic carbocycles. The molecule has 6 heavy (non-hydrogen) atoms. The van der Waals surface area contributed by atoms with Gasteiger partial charge in [-0.2, -0.15) is 4.99 Å². The SMILES string of the molecule is C1=NC=N[NH2+]N=1. The molecule has 0 amide bonds. The molecule has 0 saturated carbocycles. The summed E-state index contributed by atoms with van der Waals surface area (Å²) in [5.74, 6) is 0. The molecule has 2 N–H and O–H groups in total. The molecule has 0 radical (unpaired) electrons. The average Bonchev–Trinajstić information content (AvgIpc) is 1.72. The summed E-state index contributed by atoms with van der Waals surface area (Å²) in [6.45, 7) is 0. The van der Waals surface area contributed by atoms with Gasteiger partial charge in [-0.25, -0.2) is 0 Å². The van der Waals surface area contributed by atoms with Gasteiger partial charge in [-0.15, -0.1) is 0 Å². The molecule has 0 atom stereocenters. The summed E-state index contributed by atoms with van der Waals surface area (Å²) in [7, 11) is 0. The Morgan fingerprint density at radius 3 is 2.83 bits per heavy atom. The number of hydrogen-bond donors (Lipinski definition) is 1. The molecule has 0 bridgehead atoms. The summed E-state index contributed by atoms with van der Waals surface area (Å²) >= 11 is 0. The number of nitrogens with two attached hydrogens (primary N) is 1. The maximum absolute atomic E-state index is 3.53. The lowest BCUT2D eigenvalue weighted by atomic mass is 11.2. The fraction of sp³-hybridized carbons (Fsp3) is 0. The highest BCUT2D eigenvalue weighted by Crippen LogP contribution is 1.51. The van der Waals surface area contributed by atoms with Gasteiger partial charge >= 0.3 is 0 Å². The summed E-state index contributed by atoms with van der Waals surface area (Å²) in [6.07, 6.45) is 1.38. The van der Waals surface area contributed by atoms with E-state index in [1.54, 1.807) is 0 Å². The average molecular weight is 83.1 g/mol. The minimum Gasteiger partial charge on any atom is -0.165 e. The zero-order valence-corrected chi connectivity index (χ0v) is 3.00. The Labute approximate surface area is 34.3 Å². The van der Waals surface area contributed by atoms with Crippen molar-refractivity contribution >= 4 is 12.3 Å². The third kappa shape index (κ3) is 0.484. The van der Waals surface area contributed by atoms with E-state index in [-0.39, 0.29) is 0 Å². The maximum Gasteiger partial charge on any atom is 0.185 e. The lowest BCUT2D eigenvalue weighted by Gasteiger charge is -1.74. The van der Waals surface area contributed by atoms with Crippen molar-refractivity contribution in [2.24, 2.45) is 15.2 Å². The van der Waals surface area contributed by atoms with Crippen LogP contribution in [0.15, 0.2) is 15.2 Å². The summed E-state index contributed by atoms with van der Waals surface area (Å²) in [4.78, 5) is 3.44. The zero-order valence-electron chi connectivity index (χ0n) is 3.00. The van der Waals surface area contributed by atoms with E-state index in [1.807, 2.05) is 0 Å². The van der Waals surface area contributed by atoms with E-state index in [9.17, 15) is 0 Å². The normalized spacial score (nSPS) is 16.0. The molecule has 0 saturated heterocycles. The first-order chi connectivity index (χ1) is 3.00.